The second-order valence-electron chi connectivity index (χ2n) is 5.57. The Morgan fingerprint density at radius 1 is 1.36 bits per heavy atom. The van der Waals surface area contributed by atoms with Crippen molar-refractivity contribution in [2.24, 2.45) is 0 Å². The lowest BCUT2D eigenvalue weighted by atomic mass is 10.1. The average molecular weight is 344 g/mol. The number of nitrogens with zero attached hydrogens (tertiary/aromatic N) is 3. The number of hydrogen-bond donors (Lipinski definition) is 0. The van der Waals surface area contributed by atoms with Crippen LogP contribution in [-0.2, 0) is 9.84 Å². The lowest BCUT2D eigenvalue weighted by Gasteiger charge is -2.17. The Hall–Kier alpha value is -1.47. The van der Waals surface area contributed by atoms with Gasteiger partial charge in [-0.15, -0.1) is 5.10 Å². The second kappa shape index (κ2) is 5.62. The molecule has 118 valence electrons. The summed E-state index contributed by atoms with van der Waals surface area (Å²) < 4.78 is 38.4. The molecular formula is C14H15ClFN3O2S. The molecule has 0 amide bonds. The third kappa shape index (κ3) is 2.87. The fraction of sp³-hybridized carbons (Fsp3) is 0.429. The molecule has 8 heteroatoms. The molecule has 1 aliphatic carbocycles. The van der Waals surface area contributed by atoms with Crippen molar-refractivity contribution < 1.29 is 12.8 Å². The zero-order chi connectivity index (χ0) is 15.9. The van der Waals surface area contributed by atoms with Crippen molar-refractivity contribution in [2.45, 2.75) is 30.6 Å². The van der Waals surface area contributed by atoms with Crippen LogP contribution in [0.5, 0.6) is 0 Å². The fourth-order valence-electron chi connectivity index (χ4n) is 2.97. The van der Waals surface area contributed by atoms with Gasteiger partial charge in [0.2, 0.25) is 0 Å². The van der Waals surface area contributed by atoms with Gasteiger partial charge in [0, 0.05) is 11.8 Å². The summed E-state index contributed by atoms with van der Waals surface area (Å²) in [5.41, 5.74) is 1.08. The van der Waals surface area contributed by atoms with Crippen molar-refractivity contribution >= 4 is 21.4 Å². The van der Waals surface area contributed by atoms with Crippen molar-refractivity contribution in [3.05, 3.63) is 35.2 Å². The van der Waals surface area contributed by atoms with E-state index in [1.54, 1.807) is 10.9 Å². The molecule has 0 N–H and O–H groups in total. The van der Waals surface area contributed by atoms with Crippen LogP contribution in [-0.4, -0.2) is 34.9 Å². The number of halogens is 2. The number of sulfone groups is 1. The lowest BCUT2D eigenvalue weighted by molar-refractivity contribution is 0.447. The zero-order valence-electron chi connectivity index (χ0n) is 11.9. The second-order valence-corrected chi connectivity index (χ2v) is 8.25. The van der Waals surface area contributed by atoms with Gasteiger partial charge in [0.25, 0.3) is 0 Å². The van der Waals surface area contributed by atoms with Gasteiger partial charge in [-0.25, -0.2) is 17.5 Å². The van der Waals surface area contributed by atoms with Crippen LogP contribution in [0.25, 0.3) is 11.3 Å². The van der Waals surface area contributed by atoms with Crippen molar-refractivity contribution in [1.29, 1.82) is 0 Å². The first-order chi connectivity index (χ1) is 10.4. The van der Waals surface area contributed by atoms with E-state index in [4.69, 9.17) is 11.6 Å². The number of benzene rings is 1. The maximum absolute atomic E-state index is 13.1. The summed E-state index contributed by atoms with van der Waals surface area (Å²) in [6.45, 7) is 0. The van der Waals surface area contributed by atoms with Gasteiger partial charge in [-0.05, 0) is 37.5 Å². The van der Waals surface area contributed by atoms with Crippen LogP contribution in [0.15, 0.2) is 24.4 Å². The lowest BCUT2D eigenvalue weighted by Crippen LogP contribution is -2.27. The van der Waals surface area contributed by atoms with E-state index in [1.165, 1.54) is 24.5 Å². The van der Waals surface area contributed by atoms with Gasteiger partial charge in [0.05, 0.1) is 22.5 Å². The molecule has 1 saturated carbocycles. The van der Waals surface area contributed by atoms with Gasteiger partial charge in [-0.3, -0.25) is 0 Å². The van der Waals surface area contributed by atoms with Gasteiger partial charge in [0.1, 0.15) is 11.5 Å². The van der Waals surface area contributed by atoms with E-state index in [-0.39, 0.29) is 11.1 Å². The zero-order valence-corrected chi connectivity index (χ0v) is 13.5. The highest BCUT2D eigenvalue weighted by molar-refractivity contribution is 7.91. The van der Waals surface area contributed by atoms with Crippen LogP contribution in [0.1, 0.15) is 25.3 Å². The number of rotatable bonds is 3. The Labute approximate surface area is 133 Å². The summed E-state index contributed by atoms with van der Waals surface area (Å²) in [5, 5.41) is 7.91. The molecular weight excluding hydrogens is 329 g/mol. The van der Waals surface area contributed by atoms with Crippen molar-refractivity contribution in [1.82, 2.24) is 15.0 Å². The van der Waals surface area contributed by atoms with E-state index in [0.717, 1.165) is 12.8 Å². The maximum atomic E-state index is 13.1. The highest BCUT2D eigenvalue weighted by Gasteiger charge is 2.36. The highest BCUT2D eigenvalue weighted by Crippen LogP contribution is 2.35. The third-order valence-corrected chi connectivity index (χ3v) is 5.99. The minimum atomic E-state index is -3.13. The first-order valence-corrected chi connectivity index (χ1v) is 9.25. The fourth-order valence-corrected chi connectivity index (χ4v) is 4.66. The number of aromatic nitrogens is 3. The van der Waals surface area contributed by atoms with Crippen LogP contribution in [0.3, 0.4) is 0 Å². The Morgan fingerprint density at radius 3 is 2.82 bits per heavy atom. The largest absolute Gasteiger partial charge is 0.248 e. The molecule has 0 saturated heterocycles. The summed E-state index contributed by atoms with van der Waals surface area (Å²) in [4.78, 5) is 0. The van der Waals surface area contributed by atoms with Gasteiger partial charge >= 0.3 is 0 Å². The van der Waals surface area contributed by atoms with E-state index < -0.39 is 20.9 Å². The summed E-state index contributed by atoms with van der Waals surface area (Å²) in [6, 6.07) is 3.84. The maximum Gasteiger partial charge on any atom is 0.152 e. The van der Waals surface area contributed by atoms with E-state index >= 15 is 0 Å². The molecule has 3 rings (SSSR count). The summed E-state index contributed by atoms with van der Waals surface area (Å²) in [6.07, 6.45) is 5.15. The summed E-state index contributed by atoms with van der Waals surface area (Å²) in [7, 11) is -3.13. The third-order valence-electron chi connectivity index (χ3n) is 4.02. The molecule has 1 aromatic carbocycles. The normalized spacial score (nSPS) is 22.1. The van der Waals surface area contributed by atoms with Crippen molar-refractivity contribution in [2.75, 3.05) is 6.26 Å². The molecule has 0 radical (unpaired) electrons. The molecule has 2 aromatic rings. The summed E-state index contributed by atoms with van der Waals surface area (Å²) in [5.74, 6) is -0.422. The van der Waals surface area contributed by atoms with Gasteiger partial charge in [-0.2, -0.15) is 0 Å². The predicted octanol–water partition coefficient (Wildman–Crippen LogP) is 2.88. The van der Waals surface area contributed by atoms with Crippen LogP contribution in [0.4, 0.5) is 4.39 Å². The molecule has 1 aromatic heterocycles. The molecule has 1 aliphatic rings. The molecule has 22 heavy (non-hydrogen) atoms. The quantitative estimate of drug-likeness (QED) is 0.859. The van der Waals surface area contributed by atoms with Crippen LogP contribution >= 0.6 is 11.6 Å². The SMILES string of the molecule is CS(=O)(=O)[C@@H]1CCC[C@H]1n1cc(-c2ccc(F)cc2Cl)nn1. The Balaban J connectivity index is 1.94. The van der Waals surface area contributed by atoms with Crippen LogP contribution in [0.2, 0.25) is 5.02 Å². The van der Waals surface area contributed by atoms with E-state index in [1.807, 2.05) is 0 Å². The van der Waals surface area contributed by atoms with Gasteiger partial charge in [-0.1, -0.05) is 16.8 Å². The van der Waals surface area contributed by atoms with Crippen LogP contribution < -0.4 is 0 Å². The molecule has 0 bridgehead atoms. The Bertz CT molecular complexity index is 806. The molecule has 0 unspecified atom stereocenters. The highest BCUT2D eigenvalue weighted by atomic mass is 35.5. The van der Waals surface area contributed by atoms with Gasteiger partial charge < -0.3 is 0 Å². The van der Waals surface area contributed by atoms with Crippen LogP contribution in [0, 0.1) is 5.82 Å². The first-order valence-electron chi connectivity index (χ1n) is 6.92. The smallest absolute Gasteiger partial charge is 0.152 e. The minimum absolute atomic E-state index is 0.213. The molecule has 0 spiro atoms. The van der Waals surface area contributed by atoms with Gasteiger partial charge in [0.15, 0.2) is 9.84 Å². The topological polar surface area (TPSA) is 64.8 Å². The summed E-state index contributed by atoms with van der Waals surface area (Å²) >= 11 is 6.02. The molecule has 0 aliphatic heterocycles. The molecule has 2 atom stereocenters. The Kier molecular flexibility index (Phi) is 3.94. The number of hydrogen-bond acceptors (Lipinski definition) is 4. The molecule has 5 nitrogen and oxygen atoms in total. The van der Waals surface area contributed by atoms with Crippen molar-refractivity contribution in [3.63, 3.8) is 0 Å². The van der Waals surface area contributed by atoms with Crippen molar-refractivity contribution in [3.8, 4) is 11.3 Å². The average Bonchev–Trinajstić information content (AvgIpc) is 3.06. The monoisotopic (exact) mass is 343 g/mol. The molecule has 1 fully saturated rings. The predicted molar refractivity (Wildman–Crippen MR) is 81.9 cm³/mol. The molecule has 1 heterocycles. The van der Waals surface area contributed by atoms with E-state index in [2.05, 4.69) is 10.3 Å². The first kappa shape index (κ1) is 15.4. The van der Waals surface area contributed by atoms with E-state index in [9.17, 15) is 12.8 Å². The van der Waals surface area contributed by atoms with E-state index in [0.29, 0.717) is 17.7 Å². The Morgan fingerprint density at radius 2 is 2.14 bits per heavy atom. The standard InChI is InChI=1S/C14H15ClFN3O2S/c1-22(20,21)14-4-2-3-13(14)19-8-12(17-18-19)10-6-5-9(16)7-11(10)15/h5-8,13-14H,2-4H2,1H3/t13-,14-/m1/s1. The minimum Gasteiger partial charge on any atom is -0.248 e.